The number of hydrogen-bond acceptors (Lipinski definition) is 3. The van der Waals surface area contributed by atoms with Crippen molar-refractivity contribution in [2.24, 2.45) is 5.92 Å². The van der Waals surface area contributed by atoms with E-state index in [-0.39, 0.29) is 0 Å². The third kappa shape index (κ3) is 1.20. The summed E-state index contributed by atoms with van der Waals surface area (Å²) in [7, 11) is 0. The lowest BCUT2D eigenvalue weighted by atomic mass is 10.2. The van der Waals surface area contributed by atoms with Crippen molar-refractivity contribution < 1.29 is 4.79 Å². The number of carbonyl (C=O) groups is 1. The van der Waals surface area contributed by atoms with Gasteiger partial charge in [-0.2, -0.15) is 0 Å². The van der Waals surface area contributed by atoms with Gasteiger partial charge in [0.2, 0.25) is 0 Å². The van der Waals surface area contributed by atoms with E-state index in [1.807, 2.05) is 11.7 Å². The van der Waals surface area contributed by atoms with Gasteiger partial charge in [0.25, 0.3) is 0 Å². The highest BCUT2D eigenvalue weighted by Crippen LogP contribution is 2.48. The molecule has 1 fully saturated rings. The molecule has 1 aliphatic carbocycles. The molecule has 0 saturated heterocycles. The molecule has 1 aromatic heterocycles. The summed E-state index contributed by atoms with van der Waals surface area (Å²) in [5.74, 6) is 1.12. The molecule has 2 unspecified atom stereocenters. The van der Waals surface area contributed by atoms with Crippen molar-refractivity contribution in [1.29, 1.82) is 0 Å². The van der Waals surface area contributed by atoms with Gasteiger partial charge in [-0.05, 0) is 13.3 Å². The van der Waals surface area contributed by atoms with Crippen molar-refractivity contribution in [3.05, 3.63) is 16.6 Å². The Morgan fingerprint density at radius 2 is 2.64 bits per heavy atom. The summed E-state index contributed by atoms with van der Waals surface area (Å²) in [6, 6.07) is 0. The lowest BCUT2D eigenvalue weighted by molar-refractivity contribution is -0.118. The van der Waals surface area contributed by atoms with Crippen molar-refractivity contribution in [3.8, 4) is 0 Å². The number of thiazole rings is 1. The third-order valence-corrected chi connectivity index (χ3v) is 3.04. The molecule has 58 valence electrons. The van der Waals surface area contributed by atoms with Crippen LogP contribution in [0.3, 0.4) is 0 Å². The van der Waals surface area contributed by atoms with Gasteiger partial charge in [-0.15, -0.1) is 11.3 Å². The van der Waals surface area contributed by atoms with Crippen LogP contribution in [0.5, 0.6) is 0 Å². The minimum atomic E-state index is 0.301. The van der Waals surface area contributed by atoms with E-state index >= 15 is 0 Å². The van der Waals surface area contributed by atoms with Crippen LogP contribution in [-0.4, -0.2) is 10.8 Å². The zero-order valence-corrected chi connectivity index (χ0v) is 7.10. The zero-order chi connectivity index (χ0) is 7.84. The predicted molar refractivity (Wildman–Crippen MR) is 43.6 cm³/mol. The Bertz CT molecular complexity index is 268. The van der Waals surface area contributed by atoms with Gasteiger partial charge in [0.05, 0.1) is 5.51 Å². The van der Waals surface area contributed by atoms with Crippen LogP contribution < -0.4 is 0 Å². The third-order valence-electron chi connectivity index (χ3n) is 2.13. The second-order valence-electron chi connectivity index (χ2n) is 2.96. The molecular formula is C8H9NOS. The highest BCUT2D eigenvalue weighted by molar-refractivity contribution is 7.09. The van der Waals surface area contributed by atoms with Crippen molar-refractivity contribution >= 4 is 17.1 Å². The van der Waals surface area contributed by atoms with Gasteiger partial charge < -0.3 is 0 Å². The van der Waals surface area contributed by atoms with Crippen molar-refractivity contribution in [2.75, 3.05) is 0 Å². The molecule has 2 nitrogen and oxygen atoms in total. The van der Waals surface area contributed by atoms with E-state index in [0.29, 0.717) is 17.6 Å². The van der Waals surface area contributed by atoms with E-state index in [0.717, 1.165) is 6.42 Å². The summed E-state index contributed by atoms with van der Waals surface area (Å²) >= 11 is 1.65. The van der Waals surface area contributed by atoms with Gasteiger partial charge in [-0.3, -0.25) is 9.78 Å². The molecule has 0 spiro atoms. The molecule has 11 heavy (non-hydrogen) atoms. The Morgan fingerprint density at radius 1 is 1.82 bits per heavy atom. The maximum absolute atomic E-state index is 10.9. The summed E-state index contributed by atoms with van der Waals surface area (Å²) in [5, 5.41) is 0. The van der Waals surface area contributed by atoms with E-state index in [4.69, 9.17) is 0 Å². The van der Waals surface area contributed by atoms with Crippen LogP contribution >= 0.6 is 11.3 Å². The first-order valence-corrected chi connectivity index (χ1v) is 4.56. The average Bonchev–Trinajstić information content (AvgIpc) is 2.60. The Hall–Kier alpha value is -0.700. The molecular weight excluding hydrogens is 158 g/mol. The SMILES string of the molecule is CC(=O)C1CC1c1cncs1. The molecule has 0 radical (unpaired) electrons. The van der Waals surface area contributed by atoms with Crippen LogP contribution in [0.4, 0.5) is 0 Å². The molecule has 0 aromatic carbocycles. The van der Waals surface area contributed by atoms with Gasteiger partial charge in [-0.25, -0.2) is 0 Å². The quantitative estimate of drug-likeness (QED) is 0.672. The molecule has 1 aromatic rings. The van der Waals surface area contributed by atoms with Crippen LogP contribution in [0.1, 0.15) is 24.1 Å². The topological polar surface area (TPSA) is 30.0 Å². The smallest absolute Gasteiger partial charge is 0.133 e. The molecule has 1 aliphatic rings. The van der Waals surface area contributed by atoms with Crippen LogP contribution in [0, 0.1) is 5.92 Å². The van der Waals surface area contributed by atoms with Crippen molar-refractivity contribution in [2.45, 2.75) is 19.3 Å². The first-order valence-electron chi connectivity index (χ1n) is 3.68. The highest BCUT2D eigenvalue weighted by Gasteiger charge is 2.42. The second-order valence-corrected chi connectivity index (χ2v) is 3.88. The lowest BCUT2D eigenvalue weighted by Gasteiger charge is -1.88. The minimum absolute atomic E-state index is 0.301. The number of aromatic nitrogens is 1. The molecule has 1 saturated carbocycles. The molecule has 0 N–H and O–H groups in total. The highest BCUT2D eigenvalue weighted by atomic mass is 32.1. The van der Waals surface area contributed by atoms with E-state index in [2.05, 4.69) is 4.98 Å². The number of hydrogen-bond donors (Lipinski definition) is 0. The average molecular weight is 167 g/mol. The predicted octanol–water partition coefficient (Wildman–Crippen LogP) is 1.84. The summed E-state index contributed by atoms with van der Waals surface area (Å²) in [6.45, 7) is 1.67. The number of nitrogens with zero attached hydrogens (tertiary/aromatic N) is 1. The van der Waals surface area contributed by atoms with Crippen molar-refractivity contribution in [1.82, 2.24) is 4.98 Å². The van der Waals surface area contributed by atoms with E-state index < -0.39 is 0 Å². The van der Waals surface area contributed by atoms with E-state index in [1.54, 1.807) is 18.3 Å². The van der Waals surface area contributed by atoms with Crippen LogP contribution in [-0.2, 0) is 4.79 Å². The molecule has 0 aliphatic heterocycles. The van der Waals surface area contributed by atoms with E-state index in [1.165, 1.54) is 4.88 Å². The van der Waals surface area contributed by atoms with Crippen LogP contribution in [0.15, 0.2) is 11.7 Å². The first kappa shape index (κ1) is 6.98. The zero-order valence-electron chi connectivity index (χ0n) is 6.28. The minimum Gasteiger partial charge on any atom is -0.300 e. The fourth-order valence-corrected chi connectivity index (χ4v) is 2.17. The Labute approximate surface area is 69.3 Å². The number of ketones is 1. The van der Waals surface area contributed by atoms with Gasteiger partial charge in [0, 0.05) is 22.9 Å². The fraction of sp³-hybridized carbons (Fsp3) is 0.500. The normalized spacial score (nSPS) is 28.5. The fourth-order valence-electron chi connectivity index (χ4n) is 1.37. The number of Topliss-reactive ketones (excluding diaryl/α,β-unsaturated/α-hetero) is 1. The number of carbonyl (C=O) groups excluding carboxylic acids is 1. The van der Waals surface area contributed by atoms with Crippen molar-refractivity contribution in [3.63, 3.8) is 0 Å². The maximum Gasteiger partial charge on any atom is 0.133 e. The summed E-state index contributed by atoms with van der Waals surface area (Å²) in [4.78, 5) is 16.1. The van der Waals surface area contributed by atoms with Gasteiger partial charge in [0.1, 0.15) is 5.78 Å². The summed E-state index contributed by atoms with van der Waals surface area (Å²) in [6.07, 6.45) is 2.91. The Kier molecular flexibility index (Phi) is 1.53. The standard InChI is InChI=1S/C8H9NOS/c1-5(10)6-2-7(6)8-3-9-4-11-8/h3-4,6-7H,2H2,1H3. The summed E-state index contributed by atoms with van der Waals surface area (Å²) in [5.41, 5.74) is 1.82. The largest absolute Gasteiger partial charge is 0.300 e. The lowest BCUT2D eigenvalue weighted by Crippen LogP contribution is -1.93. The van der Waals surface area contributed by atoms with E-state index in [9.17, 15) is 4.79 Å². The Balaban J connectivity index is 2.08. The summed E-state index contributed by atoms with van der Waals surface area (Å²) < 4.78 is 0. The maximum atomic E-state index is 10.9. The van der Waals surface area contributed by atoms with Crippen LogP contribution in [0.2, 0.25) is 0 Å². The molecule has 3 heteroatoms. The van der Waals surface area contributed by atoms with Crippen LogP contribution in [0.25, 0.3) is 0 Å². The molecule has 1 heterocycles. The van der Waals surface area contributed by atoms with Gasteiger partial charge >= 0.3 is 0 Å². The second kappa shape index (κ2) is 2.41. The number of rotatable bonds is 2. The molecule has 0 bridgehead atoms. The molecule has 0 amide bonds. The molecule has 2 atom stereocenters. The van der Waals surface area contributed by atoms with Gasteiger partial charge in [0.15, 0.2) is 0 Å². The van der Waals surface area contributed by atoms with Gasteiger partial charge in [-0.1, -0.05) is 0 Å². The monoisotopic (exact) mass is 167 g/mol. The molecule has 2 rings (SSSR count). The first-order chi connectivity index (χ1) is 5.29. The Morgan fingerprint density at radius 3 is 3.09 bits per heavy atom.